The molecule has 0 unspecified atom stereocenters. The average Bonchev–Trinajstić information content (AvgIpc) is 2.68. The molecular weight excluding hydrogens is 348 g/mol. The van der Waals surface area contributed by atoms with Gasteiger partial charge in [-0.15, -0.1) is 0 Å². The molecular formula is C20H24N2O3S. The Labute approximate surface area is 154 Å². The van der Waals surface area contributed by atoms with Crippen molar-refractivity contribution in [2.75, 3.05) is 19.6 Å². The molecule has 1 heterocycles. The SMILES string of the molecule is NCC1CCN(C(=O)c2ccccc2CS(=O)(=O)c2ccccc2)CC1. The van der Waals surface area contributed by atoms with Crippen molar-refractivity contribution in [1.82, 2.24) is 4.90 Å². The van der Waals surface area contributed by atoms with Crippen LogP contribution in [0.25, 0.3) is 0 Å². The summed E-state index contributed by atoms with van der Waals surface area (Å²) in [4.78, 5) is 15.0. The van der Waals surface area contributed by atoms with Gasteiger partial charge >= 0.3 is 0 Å². The lowest BCUT2D eigenvalue weighted by Gasteiger charge is -2.32. The van der Waals surface area contributed by atoms with Gasteiger partial charge in [-0.05, 0) is 49.1 Å². The summed E-state index contributed by atoms with van der Waals surface area (Å²) in [6, 6.07) is 15.3. The molecule has 0 aliphatic carbocycles. The summed E-state index contributed by atoms with van der Waals surface area (Å²) in [5, 5.41) is 0. The van der Waals surface area contributed by atoms with Crippen molar-refractivity contribution in [2.45, 2.75) is 23.5 Å². The second-order valence-corrected chi connectivity index (χ2v) is 8.69. The van der Waals surface area contributed by atoms with Gasteiger partial charge in [0.25, 0.3) is 5.91 Å². The first-order valence-corrected chi connectivity index (χ1v) is 10.5. The minimum Gasteiger partial charge on any atom is -0.339 e. The number of amides is 1. The van der Waals surface area contributed by atoms with Crippen LogP contribution in [-0.2, 0) is 15.6 Å². The number of carbonyl (C=O) groups excluding carboxylic acids is 1. The highest BCUT2D eigenvalue weighted by Gasteiger charge is 2.26. The molecule has 2 N–H and O–H groups in total. The third-order valence-corrected chi connectivity index (χ3v) is 6.61. The largest absolute Gasteiger partial charge is 0.339 e. The van der Waals surface area contributed by atoms with E-state index in [1.807, 2.05) is 0 Å². The summed E-state index contributed by atoms with van der Waals surface area (Å²) < 4.78 is 25.4. The van der Waals surface area contributed by atoms with Crippen LogP contribution in [0.15, 0.2) is 59.5 Å². The second-order valence-electron chi connectivity index (χ2n) is 6.70. The maximum Gasteiger partial charge on any atom is 0.254 e. The zero-order valence-electron chi connectivity index (χ0n) is 14.7. The summed E-state index contributed by atoms with van der Waals surface area (Å²) in [5.41, 5.74) is 6.73. The number of carbonyl (C=O) groups is 1. The number of piperidine rings is 1. The average molecular weight is 372 g/mol. The fourth-order valence-corrected chi connectivity index (χ4v) is 4.71. The van der Waals surface area contributed by atoms with E-state index in [4.69, 9.17) is 5.73 Å². The van der Waals surface area contributed by atoms with Crippen LogP contribution in [0.4, 0.5) is 0 Å². The van der Waals surface area contributed by atoms with Crippen LogP contribution in [0.3, 0.4) is 0 Å². The highest BCUT2D eigenvalue weighted by molar-refractivity contribution is 7.90. The zero-order chi connectivity index (χ0) is 18.6. The van der Waals surface area contributed by atoms with Gasteiger partial charge in [-0.2, -0.15) is 0 Å². The third kappa shape index (κ3) is 4.14. The highest BCUT2D eigenvalue weighted by atomic mass is 32.2. The molecule has 0 radical (unpaired) electrons. The van der Waals surface area contributed by atoms with Crippen LogP contribution in [0, 0.1) is 5.92 Å². The van der Waals surface area contributed by atoms with Gasteiger partial charge in [0.15, 0.2) is 9.84 Å². The molecule has 2 aromatic carbocycles. The Morgan fingerprint density at radius 2 is 1.62 bits per heavy atom. The van der Waals surface area contributed by atoms with Gasteiger partial charge in [0, 0.05) is 18.7 Å². The number of nitrogens with zero attached hydrogens (tertiary/aromatic N) is 1. The van der Waals surface area contributed by atoms with E-state index < -0.39 is 9.84 Å². The topological polar surface area (TPSA) is 80.5 Å². The maximum absolute atomic E-state index is 12.9. The van der Waals surface area contributed by atoms with Crippen molar-refractivity contribution in [2.24, 2.45) is 11.7 Å². The number of hydrogen-bond acceptors (Lipinski definition) is 4. The van der Waals surface area contributed by atoms with E-state index in [9.17, 15) is 13.2 Å². The zero-order valence-corrected chi connectivity index (χ0v) is 15.5. The van der Waals surface area contributed by atoms with Crippen LogP contribution in [-0.4, -0.2) is 38.9 Å². The van der Waals surface area contributed by atoms with E-state index >= 15 is 0 Å². The summed E-state index contributed by atoms with van der Waals surface area (Å²) in [6.45, 7) is 1.98. The highest BCUT2D eigenvalue weighted by Crippen LogP contribution is 2.22. The molecule has 6 heteroatoms. The third-order valence-electron chi connectivity index (χ3n) is 4.93. The normalized spacial score (nSPS) is 15.8. The van der Waals surface area contributed by atoms with E-state index in [0.29, 0.717) is 36.7 Å². The Bertz CT molecular complexity index is 858. The monoisotopic (exact) mass is 372 g/mol. The summed E-state index contributed by atoms with van der Waals surface area (Å²) in [7, 11) is -3.50. The van der Waals surface area contributed by atoms with Crippen molar-refractivity contribution in [3.63, 3.8) is 0 Å². The number of benzene rings is 2. The van der Waals surface area contributed by atoms with Crippen molar-refractivity contribution in [3.8, 4) is 0 Å². The minimum atomic E-state index is -3.50. The van der Waals surface area contributed by atoms with Gasteiger partial charge < -0.3 is 10.6 Å². The minimum absolute atomic E-state index is 0.0978. The molecule has 138 valence electrons. The lowest BCUT2D eigenvalue weighted by Crippen LogP contribution is -2.40. The molecule has 26 heavy (non-hydrogen) atoms. The first kappa shape index (κ1) is 18.6. The van der Waals surface area contributed by atoms with Crippen molar-refractivity contribution in [3.05, 3.63) is 65.7 Å². The van der Waals surface area contributed by atoms with E-state index in [1.165, 1.54) is 0 Å². The Kier molecular flexibility index (Phi) is 5.74. The molecule has 2 aromatic rings. The Hall–Kier alpha value is -2.18. The van der Waals surface area contributed by atoms with E-state index in [2.05, 4.69) is 0 Å². The van der Waals surface area contributed by atoms with E-state index in [0.717, 1.165) is 12.8 Å². The van der Waals surface area contributed by atoms with Gasteiger partial charge in [-0.25, -0.2) is 8.42 Å². The molecule has 1 fully saturated rings. The van der Waals surface area contributed by atoms with E-state index in [-0.39, 0.29) is 16.6 Å². The quantitative estimate of drug-likeness (QED) is 0.874. The molecule has 3 rings (SSSR count). The molecule has 1 amide bonds. The Morgan fingerprint density at radius 1 is 1.00 bits per heavy atom. The van der Waals surface area contributed by atoms with Crippen LogP contribution < -0.4 is 5.73 Å². The van der Waals surface area contributed by atoms with Crippen LogP contribution >= 0.6 is 0 Å². The molecule has 0 aromatic heterocycles. The number of nitrogens with two attached hydrogens (primary N) is 1. The number of likely N-dealkylation sites (tertiary alicyclic amines) is 1. The van der Waals surface area contributed by atoms with Crippen LogP contribution in [0.1, 0.15) is 28.8 Å². The van der Waals surface area contributed by atoms with Gasteiger partial charge in [0.1, 0.15) is 0 Å². The van der Waals surface area contributed by atoms with Crippen molar-refractivity contribution >= 4 is 15.7 Å². The first-order valence-electron chi connectivity index (χ1n) is 8.86. The summed E-state index contributed by atoms with van der Waals surface area (Å²) in [6.07, 6.45) is 1.79. The smallest absolute Gasteiger partial charge is 0.254 e. The van der Waals surface area contributed by atoms with Crippen LogP contribution in [0.5, 0.6) is 0 Å². The lowest BCUT2D eigenvalue weighted by molar-refractivity contribution is 0.0692. The standard InChI is InChI=1S/C20H24N2O3S/c21-14-16-10-12-22(13-11-16)20(23)19-9-5-4-6-17(19)15-26(24,25)18-7-2-1-3-8-18/h1-9,16H,10-15,21H2. The van der Waals surface area contributed by atoms with Crippen LogP contribution in [0.2, 0.25) is 0 Å². The van der Waals surface area contributed by atoms with Gasteiger partial charge in [0.2, 0.25) is 0 Å². The lowest BCUT2D eigenvalue weighted by atomic mass is 9.96. The number of hydrogen-bond donors (Lipinski definition) is 1. The van der Waals surface area contributed by atoms with Crippen molar-refractivity contribution in [1.29, 1.82) is 0 Å². The molecule has 0 bridgehead atoms. The van der Waals surface area contributed by atoms with Gasteiger partial charge in [-0.3, -0.25) is 4.79 Å². The fraction of sp³-hybridized carbons (Fsp3) is 0.350. The summed E-state index contributed by atoms with van der Waals surface area (Å²) >= 11 is 0. The summed E-state index contributed by atoms with van der Waals surface area (Å²) in [5.74, 6) is 0.185. The molecule has 1 aliphatic rings. The van der Waals surface area contributed by atoms with Gasteiger partial charge in [0.05, 0.1) is 10.6 Å². The number of sulfone groups is 1. The predicted molar refractivity (Wildman–Crippen MR) is 101 cm³/mol. The van der Waals surface area contributed by atoms with Crippen molar-refractivity contribution < 1.29 is 13.2 Å². The molecule has 0 saturated carbocycles. The predicted octanol–water partition coefficient (Wildman–Crippen LogP) is 2.47. The molecule has 5 nitrogen and oxygen atoms in total. The molecule has 0 atom stereocenters. The Balaban J connectivity index is 1.82. The first-order chi connectivity index (χ1) is 12.5. The fourth-order valence-electron chi connectivity index (χ4n) is 3.31. The second kappa shape index (κ2) is 8.01. The molecule has 1 aliphatic heterocycles. The number of rotatable bonds is 5. The van der Waals surface area contributed by atoms with Gasteiger partial charge in [-0.1, -0.05) is 36.4 Å². The molecule has 0 spiro atoms. The maximum atomic E-state index is 12.9. The molecule has 1 saturated heterocycles. The Morgan fingerprint density at radius 3 is 2.27 bits per heavy atom. The van der Waals surface area contributed by atoms with E-state index in [1.54, 1.807) is 59.5 Å².